The van der Waals surface area contributed by atoms with Gasteiger partial charge in [0.15, 0.2) is 0 Å². The number of carboxylic acids is 1. The molecule has 0 aliphatic carbocycles. The Morgan fingerprint density at radius 3 is 2.21 bits per heavy atom. The summed E-state index contributed by atoms with van der Waals surface area (Å²) < 4.78 is 77.2. The van der Waals surface area contributed by atoms with Crippen LogP contribution in [0.5, 0.6) is 0 Å². The molecule has 0 saturated heterocycles. The van der Waals surface area contributed by atoms with E-state index in [1.807, 2.05) is 0 Å². The highest BCUT2D eigenvalue weighted by atomic mass is 19.4. The lowest BCUT2D eigenvalue weighted by Gasteiger charge is -2.13. The first-order valence-corrected chi connectivity index (χ1v) is 6.45. The molecule has 0 amide bonds. The second-order valence-electron chi connectivity index (χ2n) is 4.85. The first-order valence-electron chi connectivity index (χ1n) is 6.45. The summed E-state index contributed by atoms with van der Waals surface area (Å²) in [6.45, 7) is 0. The van der Waals surface area contributed by atoms with Crippen molar-refractivity contribution in [3.8, 4) is 11.3 Å². The highest BCUT2D eigenvalue weighted by Crippen LogP contribution is 2.35. The molecule has 9 heteroatoms. The van der Waals surface area contributed by atoms with Crippen molar-refractivity contribution >= 4 is 5.97 Å². The van der Waals surface area contributed by atoms with E-state index in [4.69, 9.17) is 5.11 Å². The monoisotopic (exact) mass is 349 g/mol. The highest BCUT2D eigenvalue weighted by molar-refractivity contribution is 5.71. The van der Waals surface area contributed by atoms with Crippen molar-refractivity contribution in [1.82, 2.24) is 4.98 Å². The van der Waals surface area contributed by atoms with Crippen LogP contribution in [0.1, 0.15) is 16.8 Å². The Kier molecular flexibility index (Phi) is 4.54. The van der Waals surface area contributed by atoms with Crippen LogP contribution in [0.15, 0.2) is 36.4 Å². The maximum Gasteiger partial charge on any atom is 0.433 e. The Bertz CT molecular complexity index is 767. The Labute approximate surface area is 131 Å². The van der Waals surface area contributed by atoms with E-state index in [2.05, 4.69) is 4.98 Å². The summed E-state index contributed by atoms with van der Waals surface area (Å²) in [6.07, 6.45) is -10.5. The summed E-state index contributed by atoms with van der Waals surface area (Å²) in [4.78, 5) is 14.0. The number of carboxylic acid groups (broad SMARTS) is 1. The van der Waals surface area contributed by atoms with Gasteiger partial charge in [-0.05, 0) is 23.8 Å². The molecule has 24 heavy (non-hydrogen) atoms. The zero-order valence-corrected chi connectivity index (χ0v) is 11.7. The molecule has 128 valence electrons. The molecule has 0 atom stereocenters. The molecule has 2 aromatic rings. The number of rotatable bonds is 3. The van der Waals surface area contributed by atoms with Crippen molar-refractivity contribution in [1.29, 1.82) is 0 Å². The largest absolute Gasteiger partial charge is 0.481 e. The summed E-state index contributed by atoms with van der Waals surface area (Å²) in [6, 6.07) is 5.67. The number of nitrogens with zero attached hydrogens (tertiary/aromatic N) is 1. The maximum absolute atomic E-state index is 13.0. The highest BCUT2D eigenvalue weighted by Gasteiger charge is 2.36. The van der Waals surface area contributed by atoms with Crippen molar-refractivity contribution in [2.75, 3.05) is 0 Å². The van der Waals surface area contributed by atoms with Gasteiger partial charge in [0.25, 0.3) is 0 Å². The zero-order valence-electron chi connectivity index (χ0n) is 11.7. The molecule has 0 fully saturated rings. The van der Waals surface area contributed by atoms with Gasteiger partial charge < -0.3 is 5.11 Å². The van der Waals surface area contributed by atoms with Crippen molar-refractivity contribution in [2.24, 2.45) is 0 Å². The molecular formula is C15H9F6NO2. The maximum atomic E-state index is 13.0. The second kappa shape index (κ2) is 6.14. The van der Waals surface area contributed by atoms with E-state index in [-0.39, 0.29) is 11.3 Å². The number of halogens is 6. The second-order valence-corrected chi connectivity index (χ2v) is 4.85. The number of alkyl halides is 6. The Balaban J connectivity index is 2.55. The first-order chi connectivity index (χ1) is 11.0. The van der Waals surface area contributed by atoms with Crippen molar-refractivity contribution in [3.05, 3.63) is 53.2 Å². The molecule has 0 aliphatic rings. The van der Waals surface area contributed by atoms with Crippen molar-refractivity contribution in [2.45, 2.75) is 18.8 Å². The fourth-order valence-electron chi connectivity index (χ4n) is 2.05. The van der Waals surface area contributed by atoms with E-state index >= 15 is 0 Å². The van der Waals surface area contributed by atoms with Gasteiger partial charge in [-0.3, -0.25) is 4.79 Å². The van der Waals surface area contributed by atoms with Gasteiger partial charge in [-0.2, -0.15) is 26.3 Å². The Hall–Kier alpha value is -2.58. The number of hydrogen-bond acceptors (Lipinski definition) is 2. The number of pyridine rings is 1. The van der Waals surface area contributed by atoms with Crippen LogP contribution in [0.3, 0.4) is 0 Å². The smallest absolute Gasteiger partial charge is 0.433 e. The van der Waals surface area contributed by atoms with Gasteiger partial charge >= 0.3 is 18.3 Å². The minimum Gasteiger partial charge on any atom is -0.481 e. The van der Waals surface area contributed by atoms with Crippen LogP contribution in [0.2, 0.25) is 0 Å². The molecule has 2 rings (SSSR count). The Morgan fingerprint density at radius 2 is 1.67 bits per heavy atom. The minimum atomic E-state index is -4.93. The van der Waals surface area contributed by atoms with Crippen LogP contribution in [0.4, 0.5) is 26.3 Å². The molecule has 1 aromatic heterocycles. The lowest BCUT2D eigenvalue weighted by atomic mass is 10.0. The topological polar surface area (TPSA) is 50.2 Å². The predicted molar refractivity (Wildman–Crippen MR) is 71.0 cm³/mol. The van der Waals surface area contributed by atoms with Crippen LogP contribution >= 0.6 is 0 Å². The first kappa shape index (κ1) is 17.8. The molecular weight excluding hydrogens is 340 g/mol. The van der Waals surface area contributed by atoms with Crippen molar-refractivity contribution < 1.29 is 36.2 Å². The van der Waals surface area contributed by atoms with Crippen molar-refractivity contribution in [3.63, 3.8) is 0 Å². The van der Waals surface area contributed by atoms with Gasteiger partial charge in [0, 0.05) is 5.56 Å². The normalized spacial score (nSPS) is 12.2. The molecule has 0 saturated carbocycles. The molecule has 0 spiro atoms. The van der Waals surface area contributed by atoms with E-state index < -0.39 is 41.6 Å². The van der Waals surface area contributed by atoms with Gasteiger partial charge in [-0.25, -0.2) is 4.98 Å². The van der Waals surface area contributed by atoms with E-state index in [1.54, 1.807) is 0 Å². The third-order valence-corrected chi connectivity index (χ3v) is 3.07. The average Bonchev–Trinajstić information content (AvgIpc) is 2.45. The molecule has 3 nitrogen and oxygen atoms in total. The Morgan fingerprint density at radius 1 is 1.00 bits per heavy atom. The molecule has 1 aromatic carbocycles. The molecule has 1 N–H and O–H groups in total. The molecule has 0 bridgehead atoms. The molecule has 0 radical (unpaired) electrons. The third-order valence-electron chi connectivity index (χ3n) is 3.07. The van der Waals surface area contributed by atoms with Crippen LogP contribution in [-0.4, -0.2) is 16.1 Å². The fraction of sp³-hybridized carbons (Fsp3) is 0.200. The molecule has 0 unspecified atom stereocenters. The van der Waals surface area contributed by atoms with Gasteiger partial charge in [-0.15, -0.1) is 0 Å². The summed E-state index contributed by atoms with van der Waals surface area (Å²) in [5, 5.41) is 8.65. The van der Waals surface area contributed by atoms with E-state index in [1.165, 1.54) is 6.07 Å². The van der Waals surface area contributed by atoms with Gasteiger partial charge in [-0.1, -0.05) is 18.2 Å². The summed E-state index contributed by atoms with van der Waals surface area (Å²) >= 11 is 0. The zero-order chi connectivity index (χ0) is 18.1. The predicted octanol–water partition coefficient (Wildman–Crippen LogP) is 4.41. The number of aliphatic carboxylic acids is 1. The summed E-state index contributed by atoms with van der Waals surface area (Å²) in [7, 11) is 0. The molecule has 0 aliphatic heterocycles. The quantitative estimate of drug-likeness (QED) is 0.835. The third kappa shape index (κ3) is 4.03. The van der Waals surface area contributed by atoms with Crippen LogP contribution in [-0.2, 0) is 23.6 Å². The number of hydrogen-bond donors (Lipinski definition) is 1. The number of carbonyl (C=O) groups is 1. The van der Waals surface area contributed by atoms with Crippen LogP contribution in [0.25, 0.3) is 11.3 Å². The molecule has 1 heterocycles. The SMILES string of the molecule is O=C(O)Cc1ccc(-c2cccc(C(F)(F)F)c2)nc1C(F)(F)F. The lowest BCUT2D eigenvalue weighted by Crippen LogP contribution is -2.15. The average molecular weight is 349 g/mol. The van der Waals surface area contributed by atoms with Gasteiger partial charge in [0.1, 0.15) is 5.69 Å². The van der Waals surface area contributed by atoms with E-state index in [9.17, 15) is 31.1 Å². The fourth-order valence-corrected chi connectivity index (χ4v) is 2.05. The summed E-state index contributed by atoms with van der Waals surface area (Å²) in [5.74, 6) is -1.48. The van der Waals surface area contributed by atoms with Crippen LogP contribution < -0.4 is 0 Å². The number of aromatic nitrogens is 1. The van der Waals surface area contributed by atoms with Crippen LogP contribution in [0, 0.1) is 0 Å². The van der Waals surface area contributed by atoms with E-state index in [0.717, 1.165) is 24.3 Å². The standard InChI is InChI=1S/C15H9F6NO2/c16-14(17,18)10-3-1-2-8(6-10)11-5-4-9(7-12(23)24)13(22-11)15(19,20)21/h1-6H,7H2,(H,23,24). The van der Waals surface area contributed by atoms with E-state index in [0.29, 0.717) is 6.07 Å². The van der Waals surface area contributed by atoms with Gasteiger partial charge in [0.05, 0.1) is 17.7 Å². The summed E-state index contributed by atoms with van der Waals surface area (Å²) in [5.41, 5.74) is -3.50. The number of benzene rings is 1. The minimum absolute atomic E-state index is 0.155. The lowest BCUT2D eigenvalue weighted by molar-refractivity contribution is -0.142. The van der Waals surface area contributed by atoms with Gasteiger partial charge in [0.2, 0.25) is 0 Å².